The first-order valence-corrected chi connectivity index (χ1v) is 5.80. The number of anilines is 1. The van der Waals surface area contributed by atoms with Crippen LogP contribution < -0.4 is 5.32 Å². The van der Waals surface area contributed by atoms with Gasteiger partial charge in [0.15, 0.2) is 0 Å². The van der Waals surface area contributed by atoms with Crippen molar-refractivity contribution in [2.75, 3.05) is 5.32 Å². The molecule has 19 heavy (non-hydrogen) atoms. The summed E-state index contributed by atoms with van der Waals surface area (Å²) in [6.45, 7) is 0. The van der Waals surface area contributed by atoms with E-state index in [9.17, 15) is 13.6 Å². The van der Waals surface area contributed by atoms with Crippen molar-refractivity contribution >= 4 is 34.8 Å². The first kappa shape index (κ1) is 13.7. The van der Waals surface area contributed by atoms with E-state index >= 15 is 0 Å². The highest BCUT2D eigenvalue weighted by molar-refractivity contribution is 6.33. The molecule has 0 atom stereocenters. The Balaban J connectivity index is 2.25. The van der Waals surface area contributed by atoms with Gasteiger partial charge < -0.3 is 5.32 Å². The standard InChI is InChI=1S/C12H6Cl2F2N2O/c13-9-2-1-7(4-10(9)16)18-12(19)8-3-6(15)5-17-11(8)14/h1-5H,(H,18,19). The Morgan fingerprint density at radius 2 is 1.95 bits per heavy atom. The van der Waals surface area contributed by atoms with Gasteiger partial charge in [-0.3, -0.25) is 4.79 Å². The van der Waals surface area contributed by atoms with Crippen molar-refractivity contribution in [1.82, 2.24) is 4.98 Å². The Morgan fingerprint density at radius 3 is 2.63 bits per heavy atom. The molecule has 0 aliphatic heterocycles. The predicted molar refractivity (Wildman–Crippen MR) is 68.6 cm³/mol. The average Bonchev–Trinajstić information content (AvgIpc) is 2.36. The fourth-order valence-corrected chi connectivity index (χ4v) is 1.66. The molecular weight excluding hydrogens is 297 g/mol. The molecule has 7 heteroatoms. The van der Waals surface area contributed by atoms with Crippen LogP contribution in [0.1, 0.15) is 10.4 Å². The molecule has 2 aromatic rings. The van der Waals surface area contributed by atoms with Gasteiger partial charge >= 0.3 is 0 Å². The molecule has 0 unspecified atom stereocenters. The number of nitrogens with zero attached hydrogens (tertiary/aromatic N) is 1. The monoisotopic (exact) mass is 302 g/mol. The zero-order valence-electron chi connectivity index (χ0n) is 9.25. The number of hydrogen-bond donors (Lipinski definition) is 1. The maximum atomic E-state index is 13.2. The number of carbonyl (C=O) groups excluding carboxylic acids is 1. The van der Waals surface area contributed by atoms with Crippen LogP contribution in [0.25, 0.3) is 0 Å². The van der Waals surface area contributed by atoms with E-state index in [-0.39, 0.29) is 21.4 Å². The van der Waals surface area contributed by atoms with Crippen LogP contribution in [0, 0.1) is 11.6 Å². The number of halogens is 4. The molecule has 1 aromatic heterocycles. The fraction of sp³-hybridized carbons (Fsp3) is 0. The molecule has 0 aliphatic carbocycles. The fourth-order valence-electron chi connectivity index (χ4n) is 1.35. The van der Waals surface area contributed by atoms with E-state index in [0.29, 0.717) is 0 Å². The molecule has 1 amide bonds. The van der Waals surface area contributed by atoms with Gasteiger partial charge in [-0.25, -0.2) is 13.8 Å². The highest BCUT2D eigenvalue weighted by atomic mass is 35.5. The third kappa shape index (κ3) is 3.19. The third-order valence-corrected chi connectivity index (χ3v) is 2.84. The van der Waals surface area contributed by atoms with Crippen molar-refractivity contribution in [3.05, 3.63) is 57.8 Å². The quantitative estimate of drug-likeness (QED) is 0.854. The number of rotatable bonds is 2. The van der Waals surface area contributed by atoms with Gasteiger partial charge in [0.05, 0.1) is 16.8 Å². The van der Waals surface area contributed by atoms with Crippen LogP contribution in [0.3, 0.4) is 0 Å². The highest BCUT2D eigenvalue weighted by Crippen LogP contribution is 2.20. The lowest BCUT2D eigenvalue weighted by molar-refractivity contribution is 0.102. The van der Waals surface area contributed by atoms with Crippen molar-refractivity contribution in [3.8, 4) is 0 Å². The number of nitrogens with one attached hydrogen (secondary N) is 1. The molecule has 98 valence electrons. The molecule has 0 saturated heterocycles. The minimum atomic E-state index is -0.697. The number of benzene rings is 1. The van der Waals surface area contributed by atoms with Crippen molar-refractivity contribution in [2.45, 2.75) is 0 Å². The largest absolute Gasteiger partial charge is 0.322 e. The highest BCUT2D eigenvalue weighted by Gasteiger charge is 2.13. The van der Waals surface area contributed by atoms with Crippen LogP contribution in [0.5, 0.6) is 0 Å². The van der Waals surface area contributed by atoms with Gasteiger partial charge in [-0.15, -0.1) is 0 Å². The number of amides is 1. The van der Waals surface area contributed by atoms with Gasteiger partial charge in [0.2, 0.25) is 0 Å². The topological polar surface area (TPSA) is 42.0 Å². The Kier molecular flexibility index (Phi) is 3.97. The van der Waals surface area contributed by atoms with E-state index in [0.717, 1.165) is 18.3 Å². The third-order valence-electron chi connectivity index (χ3n) is 2.23. The first-order valence-electron chi connectivity index (χ1n) is 5.05. The molecule has 0 radical (unpaired) electrons. The lowest BCUT2D eigenvalue weighted by atomic mass is 10.2. The molecule has 3 nitrogen and oxygen atoms in total. The minimum Gasteiger partial charge on any atom is -0.322 e. The summed E-state index contributed by atoms with van der Waals surface area (Å²) in [6.07, 6.45) is 0.890. The van der Waals surface area contributed by atoms with Crippen molar-refractivity contribution in [2.24, 2.45) is 0 Å². The van der Waals surface area contributed by atoms with Gasteiger partial charge in [0.1, 0.15) is 16.8 Å². The lowest BCUT2D eigenvalue weighted by Crippen LogP contribution is -2.13. The molecule has 0 saturated carbocycles. The van der Waals surface area contributed by atoms with Gasteiger partial charge in [0, 0.05) is 5.69 Å². The number of hydrogen-bond acceptors (Lipinski definition) is 2. The maximum Gasteiger partial charge on any atom is 0.258 e. The summed E-state index contributed by atoms with van der Waals surface area (Å²) in [5.41, 5.74) is 0.0317. The number of aromatic nitrogens is 1. The van der Waals surface area contributed by atoms with Crippen LogP contribution >= 0.6 is 23.2 Å². The molecule has 0 spiro atoms. The molecular formula is C12H6Cl2F2N2O. The predicted octanol–water partition coefficient (Wildman–Crippen LogP) is 3.92. The first-order chi connectivity index (χ1) is 8.97. The summed E-state index contributed by atoms with van der Waals surface area (Å²) < 4.78 is 26.2. The average molecular weight is 303 g/mol. The normalized spacial score (nSPS) is 10.3. The van der Waals surface area contributed by atoms with Crippen LogP contribution in [-0.2, 0) is 0 Å². The van der Waals surface area contributed by atoms with Gasteiger partial charge in [-0.1, -0.05) is 23.2 Å². The summed E-state index contributed by atoms with van der Waals surface area (Å²) in [5, 5.41) is 2.15. The Morgan fingerprint density at radius 1 is 1.21 bits per heavy atom. The van der Waals surface area contributed by atoms with Crippen LogP contribution in [-0.4, -0.2) is 10.9 Å². The summed E-state index contributed by atoms with van der Waals surface area (Å²) in [5.74, 6) is -2.07. The SMILES string of the molecule is O=C(Nc1ccc(Cl)c(F)c1)c1cc(F)cnc1Cl. The van der Waals surface area contributed by atoms with Crippen molar-refractivity contribution < 1.29 is 13.6 Å². The summed E-state index contributed by atoms with van der Waals surface area (Å²) in [6, 6.07) is 4.68. The van der Waals surface area contributed by atoms with Gasteiger partial charge in [-0.05, 0) is 24.3 Å². The molecule has 1 N–H and O–H groups in total. The van der Waals surface area contributed by atoms with Gasteiger partial charge in [0.25, 0.3) is 5.91 Å². The smallest absolute Gasteiger partial charge is 0.258 e. The van der Waals surface area contributed by atoms with Crippen LogP contribution in [0.15, 0.2) is 30.5 Å². The second-order valence-electron chi connectivity index (χ2n) is 3.57. The Hall–Kier alpha value is -1.72. The summed E-state index contributed by atoms with van der Waals surface area (Å²) >= 11 is 11.2. The molecule has 0 aliphatic rings. The zero-order chi connectivity index (χ0) is 14.0. The zero-order valence-corrected chi connectivity index (χ0v) is 10.8. The Labute approximate surface area is 117 Å². The van der Waals surface area contributed by atoms with E-state index in [1.165, 1.54) is 12.1 Å². The second-order valence-corrected chi connectivity index (χ2v) is 4.34. The summed E-state index contributed by atoms with van der Waals surface area (Å²) in [4.78, 5) is 15.3. The molecule has 0 bridgehead atoms. The van der Waals surface area contributed by atoms with E-state index in [1.807, 2.05) is 0 Å². The maximum absolute atomic E-state index is 13.2. The lowest BCUT2D eigenvalue weighted by Gasteiger charge is -2.07. The van der Waals surface area contributed by atoms with Crippen LogP contribution in [0.2, 0.25) is 10.2 Å². The summed E-state index contributed by atoms with van der Waals surface area (Å²) in [7, 11) is 0. The minimum absolute atomic E-state index is 0.0662. The number of pyridine rings is 1. The van der Waals surface area contributed by atoms with E-state index < -0.39 is 17.5 Å². The second kappa shape index (κ2) is 5.50. The molecule has 0 fully saturated rings. The van der Waals surface area contributed by atoms with E-state index in [1.54, 1.807) is 0 Å². The van der Waals surface area contributed by atoms with E-state index in [4.69, 9.17) is 23.2 Å². The molecule has 2 rings (SSSR count). The Bertz CT molecular complexity index is 650. The van der Waals surface area contributed by atoms with Crippen molar-refractivity contribution in [3.63, 3.8) is 0 Å². The molecule has 1 heterocycles. The van der Waals surface area contributed by atoms with Crippen molar-refractivity contribution in [1.29, 1.82) is 0 Å². The van der Waals surface area contributed by atoms with E-state index in [2.05, 4.69) is 10.3 Å². The molecule has 1 aromatic carbocycles. The number of carbonyl (C=O) groups is 1. The van der Waals surface area contributed by atoms with Crippen LogP contribution in [0.4, 0.5) is 14.5 Å². The van der Waals surface area contributed by atoms with Gasteiger partial charge in [-0.2, -0.15) is 0 Å².